The van der Waals surface area contributed by atoms with Gasteiger partial charge >= 0.3 is 0 Å². The van der Waals surface area contributed by atoms with Gasteiger partial charge in [-0.15, -0.1) is 0 Å². The molecule has 1 aliphatic heterocycles. The van der Waals surface area contributed by atoms with Crippen molar-refractivity contribution in [1.82, 2.24) is 15.5 Å². The quantitative estimate of drug-likeness (QED) is 0.868. The van der Waals surface area contributed by atoms with Crippen LogP contribution in [0.25, 0.3) is 0 Å². The molecule has 2 rings (SSSR count). The smallest absolute Gasteiger partial charge is 0.251 e. The highest BCUT2D eigenvalue weighted by atomic mass is 16.2. The third-order valence-electron chi connectivity index (χ3n) is 3.71. The van der Waals surface area contributed by atoms with Crippen molar-refractivity contribution in [2.24, 2.45) is 0 Å². The van der Waals surface area contributed by atoms with Crippen molar-refractivity contribution >= 4 is 11.8 Å². The van der Waals surface area contributed by atoms with Gasteiger partial charge < -0.3 is 15.5 Å². The van der Waals surface area contributed by atoms with Crippen LogP contribution in [0.2, 0.25) is 0 Å². The Balaban J connectivity index is 1.84. The summed E-state index contributed by atoms with van der Waals surface area (Å²) < 4.78 is 0. The lowest BCUT2D eigenvalue weighted by Crippen LogP contribution is -2.49. The number of benzene rings is 1. The Morgan fingerprint density at radius 3 is 2.38 bits per heavy atom. The second-order valence-corrected chi connectivity index (χ2v) is 5.59. The van der Waals surface area contributed by atoms with E-state index in [9.17, 15) is 9.59 Å². The molecular formula is C16H23N3O2. The van der Waals surface area contributed by atoms with Crippen LogP contribution in [0.5, 0.6) is 0 Å². The summed E-state index contributed by atoms with van der Waals surface area (Å²) in [7, 11) is 0. The molecule has 0 atom stereocenters. The fourth-order valence-corrected chi connectivity index (χ4v) is 2.30. The van der Waals surface area contributed by atoms with E-state index in [4.69, 9.17) is 0 Å². The summed E-state index contributed by atoms with van der Waals surface area (Å²) in [6.45, 7) is 7.33. The highest BCUT2D eigenvalue weighted by molar-refractivity contribution is 5.96. The summed E-state index contributed by atoms with van der Waals surface area (Å²) in [5, 5.41) is 5.89. The Kier molecular flexibility index (Phi) is 5.33. The summed E-state index contributed by atoms with van der Waals surface area (Å²) in [5.74, 6) is 0.217. The van der Waals surface area contributed by atoms with Gasteiger partial charge in [-0.05, 0) is 23.6 Å². The summed E-state index contributed by atoms with van der Waals surface area (Å²) >= 11 is 0. The van der Waals surface area contributed by atoms with Crippen molar-refractivity contribution in [1.29, 1.82) is 0 Å². The van der Waals surface area contributed by atoms with Gasteiger partial charge in [-0.1, -0.05) is 26.0 Å². The standard InChI is InChI=1S/C16H23N3O2/c1-12(2)13-3-5-14(6-4-13)16(21)18-11-15(20)19-9-7-17-8-10-19/h3-6,12,17H,7-11H2,1-2H3,(H,18,21). The van der Waals surface area contributed by atoms with E-state index in [1.807, 2.05) is 12.1 Å². The molecule has 1 aromatic carbocycles. The number of rotatable bonds is 4. The zero-order valence-corrected chi connectivity index (χ0v) is 12.7. The van der Waals surface area contributed by atoms with Gasteiger partial charge in [-0.2, -0.15) is 0 Å². The number of piperazine rings is 1. The molecule has 0 aromatic heterocycles. The second kappa shape index (κ2) is 7.22. The highest BCUT2D eigenvalue weighted by Gasteiger charge is 2.16. The number of hydrogen-bond acceptors (Lipinski definition) is 3. The monoisotopic (exact) mass is 289 g/mol. The molecule has 0 unspecified atom stereocenters. The predicted octanol–water partition coefficient (Wildman–Crippen LogP) is 0.972. The molecule has 2 N–H and O–H groups in total. The fraction of sp³-hybridized carbons (Fsp3) is 0.500. The maximum Gasteiger partial charge on any atom is 0.251 e. The van der Waals surface area contributed by atoms with E-state index in [1.54, 1.807) is 17.0 Å². The van der Waals surface area contributed by atoms with E-state index < -0.39 is 0 Å². The summed E-state index contributed by atoms with van der Waals surface area (Å²) in [4.78, 5) is 25.8. The van der Waals surface area contributed by atoms with E-state index in [1.165, 1.54) is 5.56 Å². The lowest BCUT2D eigenvalue weighted by atomic mass is 10.0. The molecule has 0 bridgehead atoms. The van der Waals surface area contributed by atoms with Crippen molar-refractivity contribution in [2.45, 2.75) is 19.8 Å². The molecule has 0 aliphatic carbocycles. The third-order valence-corrected chi connectivity index (χ3v) is 3.71. The first-order valence-corrected chi connectivity index (χ1v) is 7.44. The first-order chi connectivity index (χ1) is 10.1. The molecule has 0 radical (unpaired) electrons. The average molecular weight is 289 g/mol. The molecule has 2 amide bonds. The zero-order chi connectivity index (χ0) is 15.2. The van der Waals surface area contributed by atoms with Crippen LogP contribution in [0.3, 0.4) is 0 Å². The van der Waals surface area contributed by atoms with Crippen molar-refractivity contribution in [2.75, 3.05) is 32.7 Å². The van der Waals surface area contributed by atoms with Gasteiger partial charge in [-0.25, -0.2) is 0 Å². The minimum Gasteiger partial charge on any atom is -0.343 e. The fourth-order valence-electron chi connectivity index (χ4n) is 2.30. The van der Waals surface area contributed by atoms with Crippen LogP contribution in [-0.2, 0) is 4.79 Å². The van der Waals surface area contributed by atoms with E-state index in [0.717, 1.165) is 13.1 Å². The van der Waals surface area contributed by atoms with E-state index >= 15 is 0 Å². The van der Waals surface area contributed by atoms with Gasteiger partial charge in [0.1, 0.15) is 0 Å². The number of hydrogen-bond donors (Lipinski definition) is 2. The van der Waals surface area contributed by atoms with Gasteiger partial charge in [-0.3, -0.25) is 9.59 Å². The Hall–Kier alpha value is -1.88. The minimum absolute atomic E-state index is 0.0244. The number of nitrogens with zero attached hydrogens (tertiary/aromatic N) is 1. The molecule has 0 saturated carbocycles. The lowest BCUT2D eigenvalue weighted by Gasteiger charge is -2.27. The summed E-state index contributed by atoms with van der Waals surface area (Å²) in [6.07, 6.45) is 0. The molecule has 1 aliphatic rings. The first kappa shape index (κ1) is 15.5. The molecule has 21 heavy (non-hydrogen) atoms. The maximum atomic E-state index is 12.0. The van der Waals surface area contributed by atoms with Crippen LogP contribution in [0.4, 0.5) is 0 Å². The largest absolute Gasteiger partial charge is 0.343 e. The van der Waals surface area contributed by atoms with Crippen molar-refractivity contribution in [3.63, 3.8) is 0 Å². The van der Waals surface area contributed by atoms with Gasteiger partial charge in [0.25, 0.3) is 5.91 Å². The van der Waals surface area contributed by atoms with Gasteiger partial charge in [0.2, 0.25) is 5.91 Å². The second-order valence-electron chi connectivity index (χ2n) is 5.59. The van der Waals surface area contributed by atoms with E-state index in [2.05, 4.69) is 24.5 Å². The molecule has 1 aromatic rings. The SMILES string of the molecule is CC(C)c1ccc(C(=O)NCC(=O)N2CCNCC2)cc1. The molecule has 114 valence electrons. The molecule has 5 heteroatoms. The minimum atomic E-state index is -0.200. The maximum absolute atomic E-state index is 12.0. The normalized spacial score (nSPS) is 15.1. The summed E-state index contributed by atoms with van der Waals surface area (Å²) in [5.41, 5.74) is 1.79. The van der Waals surface area contributed by atoms with E-state index in [0.29, 0.717) is 24.6 Å². The van der Waals surface area contributed by atoms with Crippen LogP contribution in [-0.4, -0.2) is 49.4 Å². The topological polar surface area (TPSA) is 61.4 Å². The molecule has 0 spiro atoms. The number of carbonyl (C=O) groups is 2. The van der Waals surface area contributed by atoms with Gasteiger partial charge in [0.05, 0.1) is 6.54 Å². The Labute approximate surface area is 125 Å². The van der Waals surface area contributed by atoms with Crippen LogP contribution in [0, 0.1) is 0 Å². The van der Waals surface area contributed by atoms with Crippen LogP contribution < -0.4 is 10.6 Å². The molecular weight excluding hydrogens is 266 g/mol. The lowest BCUT2D eigenvalue weighted by molar-refractivity contribution is -0.130. The molecule has 1 saturated heterocycles. The first-order valence-electron chi connectivity index (χ1n) is 7.44. The Morgan fingerprint density at radius 2 is 1.81 bits per heavy atom. The highest BCUT2D eigenvalue weighted by Crippen LogP contribution is 2.14. The van der Waals surface area contributed by atoms with Crippen molar-refractivity contribution in [3.05, 3.63) is 35.4 Å². The van der Waals surface area contributed by atoms with Crippen LogP contribution in [0.15, 0.2) is 24.3 Å². The van der Waals surface area contributed by atoms with Crippen LogP contribution in [0.1, 0.15) is 35.7 Å². The molecule has 1 fully saturated rings. The van der Waals surface area contributed by atoms with Gasteiger partial charge in [0, 0.05) is 31.7 Å². The Bertz CT molecular complexity index is 491. The third kappa shape index (κ3) is 4.29. The number of carbonyl (C=O) groups excluding carboxylic acids is 2. The average Bonchev–Trinajstić information content (AvgIpc) is 2.53. The number of nitrogens with one attached hydrogen (secondary N) is 2. The molecule has 1 heterocycles. The zero-order valence-electron chi connectivity index (χ0n) is 12.7. The number of amides is 2. The molecule has 5 nitrogen and oxygen atoms in total. The van der Waals surface area contributed by atoms with Crippen molar-refractivity contribution in [3.8, 4) is 0 Å². The van der Waals surface area contributed by atoms with Crippen molar-refractivity contribution < 1.29 is 9.59 Å². The van der Waals surface area contributed by atoms with Crippen LogP contribution >= 0.6 is 0 Å². The van der Waals surface area contributed by atoms with E-state index in [-0.39, 0.29) is 18.4 Å². The summed E-state index contributed by atoms with van der Waals surface area (Å²) in [6, 6.07) is 7.52. The predicted molar refractivity (Wildman–Crippen MR) is 82.3 cm³/mol. The Morgan fingerprint density at radius 1 is 1.19 bits per heavy atom. The van der Waals surface area contributed by atoms with Gasteiger partial charge in [0.15, 0.2) is 0 Å².